The number of hydrogen-bond acceptors (Lipinski definition) is 0. The highest BCUT2D eigenvalue weighted by Gasteiger charge is 1.93. The number of hydrogen-bond donors (Lipinski definition) is 0. The molecule has 0 fully saturated rings. The molecule has 0 heteroatoms. The first-order valence-corrected chi connectivity index (χ1v) is 10.9. The standard InChI is InChI=1S/C24H40/c1-2-4-6-8-10-12-14-16-18-20-22-24-23-21-19-17-15-13-11-9-7-5-3-1/h1-10,15-24H2. The third-order valence-corrected chi connectivity index (χ3v) is 4.96. The molecule has 0 N–H and O–H groups in total. The zero-order valence-electron chi connectivity index (χ0n) is 16.1. The Kier molecular flexibility index (Phi) is 16.3. The normalized spacial score (nSPS) is 21.3. The highest BCUT2D eigenvalue weighted by molar-refractivity contribution is 4.99. The van der Waals surface area contributed by atoms with E-state index in [1.807, 2.05) is 0 Å². The SMILES string of the molecule is C1#CCCCCCCCCCCC#CCCCCCCCCCC1. The van der Waals surface area contributed by atoms with Crippen LogP contribution in [-0.2, 0) is 0 Å². The van der Waals surface area contributed by atoms with Gasteiger partial charge in [-0.3, -0.25) is 0 Å². The average molecular weight is 329 g/mol. The Bertz CT molecular complexity index is 300. The second-order valence-electron chi connectivity index (χ2n) is 7.36. The summed E-state index contributed by atoms with van der Waals surface area (Å²) in [6, 6.07) is 0. The molecule has 0 nitrogen and oxygen atoms in total. The molecule has 136 valence electrons. The molecule has 0 heterocycles. The average Bonchev–Trinajstić information content (AvgIpc) is 2.59. The first-order chi connectivity index (χ1) is 12.0. The number of rotatable bonds is 0. The van der Waals surface area contributed by atoms with E-state index in [1.165, 1.54) is 103 Å². The monoisotopic (exact) mass is 328 g/mol. The summed E-state index contributed by atoms with van der Waals surface area (Å²) in [6.45, 7) is 0. The molecule has 0 bridgehead atoms. The van der Waals surface area contributed by atoms with Gasteiger partial charge < -0.3 is 0 Å². The van der Waals surface area contributed by atoms with Crippen molar-refractivity contribution >= 4 is 0 Å². The van der Waals surface area contributed by atoms with Crippen molar-refractivity contribution in [1.82, 2.24) is 0 Å². The molecule has 0 aromatic carbocycles. The summed E-state index contributed by atoms with van der Waals surface area (Å²) in [5.41, 5.74) is 0. The van der Waals surface area contributed by atoms with Crippen LogP contribution < -0.4 is 0 Å². The van der Waals surface area contributed by atoms with Crippen molar-refractivity contribution in [3.8, 4) is 23.7 Å². The fraction of sp³-hybridized carbons (Fsp3) is 0.833. The van der Waals surface area contributed by atoms with E-state index in [0.29, 0.717) is 0 Å². The van der Waals surface area contributed by atoms with Gasteiger partial charge in [-0.15, -0.1) is 23.7 Å². The van der Waals surface area contributed by atoms with Gasteiger partial charge in [-0.05, 0) is 25.7 Å². The van der Waals surface area contributed by atoms with Crippen LogP contribution in [0.4, 0.5) is 0 Å². The Morgan fingerprint density at radius 3 is 0.583 bits per heavy atom. The second-order valence-corrected chi connectivity index (χ2v) is 7.36. The van der Waals surface area contributed by atoms with Crippen LogP contribution in [0.2, 0.25) is 0 Å². The minimum Gasteiger partial charge on any atom is -0.103 e. The van der Waals surface area contributed by atoms with Gasteiger partial charge in [0.2, 0.25) is 0 Å². The molecular formula is C24H40. The predicted octanol–water partition coefficient (Wildman–Crippen LogP) is 7.81. The topological polar surface area (TPSA) is 0 Å². The lowest BCUT2D eigenvalue weighted by Crippen LogP contribution is -1.82. The minimum absolute atomic E-state index is 1.12. The van der Waals surface area contributed by atoms with E-state index in [2.05, 4.69) is 23.7 Å². The lowest BCUT2D eigenvalue weighted by molar-refractivity contribution is 0.571. The van der Waals surface area contributed by atoms with Gasteiger partial charge in [0.05, 0.1) is 0 Å². The zero-order chi connectivity index (χ0) is 17.0. The van der Waals surface area contributed by atoms with E-state index < -0.39 is 0 Å². The van der Waals surface area contributed by atoms with Gasteiger partial charge in [0.15, 0.2) is 0 Å². The smallest absolute Gasteiger partial charge is 0.00886 e. The van der Waals surface area contributed by atoms with E-state index >= 15 is 0 Å². The molecule has 0 aromatic rings. The first kappa shape index (κ1) is 21.2. The summed E-state index contributed by atoms with van der Waals surface area (Å²) in [5, 5.41) is 0. The van der Waals surface area contributed by atoms with Crippen molar-refractivity contribution < 1.29 is 0 Å². The van der Waals surface area contributed by atoms with Gasteiger partial charge in [0.25, 0.3) is 0 Å². The minimum atomic E-state index is 1.12. The van der Waals surface area contributed by atoms with E-state index in [-0.39, 0.29) is 0 Å². The highest BCUT2D eigenvalue weighted by atomic mass is 14.0. The fourth-order valence-corrected chi connectivity index (χ4v) is 3.33. The third kappa shape index (κ3) is 16.0. The predicted molar refractivity (Wildman–Crippen MR) is 108 cm³/mol. The molecule has 0 aromatic heterocycles. The Hall–Kier alpha value is -0.880. The lowest BCUT2D eigenvalue weighted by Gasteiger charge is -2.01. The van der Waals surface area contributed by atoms with Crippen molar-refractivity contribution in [3.05, 3.63) is 0 Å². The summed E-state index contributed by atoms with van der Waals surface area (Å²) >= 11 is 0. The van der Waals surface area contributed by atoms with Crippen LogP contribution >= 0.6 is 0 Å². The van der Waals surface area contributed by atoms with E-state index in [4.69, 9.17) is 0 Å². The molecule has 0 saturated carbocycles. The Morgan fingerprint density at radius 1 is 0.208 bits per heavy atom. The maximum absolute atomic E-state index is 3.37. The molecule has 0 unspecified atom stereocenters. The second kappa shape index (κ2) is 18.5. The van der Waals surface area contributed by atoms with Gasteiger partial charge in [-0.25, -0.2) is 0 Å². The third-order valence-electron chi connectivity index (χ3n) is 4.96. The van der Waals surface area contributed by atoms with Gasteiger partial charge in [0, 0.05) is 25.7 Å². The Balaban J connectivity index is 2.12. The maximum Gasteiger partial charge on any atom is 0.00886 e. The summed E-state index contributed by atoms with van der Waals surface area (Å²) in [5.74, 6) is 13.5. The first-order valence-electron chi connectivity index (χ1n) is 10.9. The fourth-order valence-electron chi connectivity index (χ4n) is 3.33. The maximum atomic E-state index is 3.37. The van der Waals surface area contributed by atoms with Crippen molar-refractivity contribution in [2.24, 2.45) is 0 Å². The zero-order valence-corrected chi connectivity index (χ0v) is 16.1. The van der Waals surface area contributed by atoms with Crippen LogP contribution in [0.1, 0.15) is 128 Å². The quantitative estimate of drug-likeness (QED) is 0.398. The van der Waals surface area contributed by atoms with Crippen LogP contribution in [0.15, 0.2) is 0 Å². The molecule has 0 radical (unpaired) electrons. The van der Waals surface area contributed by atoms with E-state index in [1.54, 1.807) is 0 Å². The van der Waals surface area contributed by atoms with Gasteiger partial charge in [-0.2, -0.15) is 0 Å². The molecule has 0 atom stereocenters. The van der Waals surface area contributed by atoms with Gasteiger partial charge in [0.1, 0.15) is 0 Å². The van der Waals surface area contributed by atoms with Crippen LogP contribution in [0.3, 0.4) is 0 Å². The van der Waals surface area contributed by atoms with Crippen LogP contribution in [0.25, 0.3) is 0 Å². The van der Waals surface area contributed by atoms with Gasteiger partial charge in [-0.1, -0.05) is 77.0 Å². The van der Waals surface area contributed by atoms with E-state index in [0.717, 1.165) is 25.7 Å². The summed E-state index contributed by atoms with van der Waals surface area (Å²) < 4.78 is 0. The molecule has 0 amide bonds. The summed E-state index contributed by atoms with van der Waals surface area (Å²) in [7, 11) is 0. The molecule has 24 heavy (non-hydrogen) atoms. The van der Waals surface area contributed by atoms with Crippen molar-refractivity contribution in [3.63, 3.8) is 0 Å². The van der Waals surface area contributed by atoms with Crippen LogP contribution in [0, 0.1) is 23.7 Å². The largest absolute Gasteiger partial charge is 0.103 e. The molecule has 0 spiro atoms. The summed E-state index contributed by atoms with van der Waals surface area (Å²) in [4.78, 5) is 0. The molecule has 0 aliphatic heterocycles. The van der Waals surface area contributed by atoms with Crippen molar-refractivity contribution in [2.75, 3.05) is 0 Å². The molecule has 1 rings (SSSR count). The van der Waals surface area contributed by atoms with Crippen LogP contribution in [-0.4, -0.2) is 0 Å². The molecule has 0 saturated heterocycles. The Morgan fingerprint density at radius 2 is 0.375 bits per heavy atom. The van der Waals surface area contributed by atoms with Crippen molar-refractivity contribution in [1.29, 1.82) is 0 Å². The van der Waals surface area contributed by atoms with Gasteiger partial charge >= 0.3 is 0 Å². The molecule has 1 aliphatic rings. The Labute approximate surface area is 152 Å². The summed E-state index contributed by atoms with van der Waals surface area (Å²) in [6.07, 6.45) is 26.5. The highest BCUT2D eigenvalue weighted by Crippen LogP contribution is 2.12. The van der Waals surface area contributed by atoms with Crippen molar-refractivity contribution in [2.45, 2.75) is 128 Å². The van der Waals surface area contributed by atoms with Crippen LogP contribution in [0.5, 0.6) is 0 Å². The van der Waals surface area contributed by atoms with E-state index in [9.17, 15) is 0 Å². The molecule has 1 aliphatic carbocycles. The lowest BCUT2D eigenvalue weighted by atomic mass is 10.1. The molecular weight excluding hydrogens is 288 g/mol.